The van der Waals surface area contributed by atoms with E-state index in [1.807, 2.05) is 11.3 Å². The van der Waals surface area contributed by atoms with Gasteiger partial charge in [0.15, 0.2) is 0 Å². The highest BCUT2D eigenvalue weighted by atomic mass is 32.1. The predicted molar refractivity (Wildman–Crippen MR) is 337 cm³/mol. The van der Waals surface area contributed by atoms with Crippen LogP contribution in [0.25, 0.3) is 43.5 Å². The van der Waals surface area contributed by atoms with Gasteiger partial charge >= 0.3 is 0 Å². The topological polar surface area (TPSA) is 18.5 Å². The van der Waals surface area contributed by atoms with Crippen LogP contribution in [0.3, 0.4) is 0 Å². The molecule has 12 rings (SSSR count). The van der Waals surface area contributed by atoms with Gasteiger partial charge in [-0.25, -0.2) is 0 Å². The minimum atomic E-state index is -0.0779. The summed E-state index contributed by atoms with van der Waals surface area (Å²) in [5.74, 6) is 0. The van der Waals surface area contributed by atoms with Crippen molar-refractivity contribution in [1.82, 2.24) is 0 Å². The first-order valence-corrected chi connectivity index (χ1v) is 28.3. The van der Waals surface area contributed by atoms with Crippen LogP contribution in [-0.4, -0.2) is 6.71 Å². The third-order valence-corrected chi connectivity index (χ3v) is 17.3. The number of para-hydroxylation sites is 1. The Bertz CT molecular complexity index is 3850. The molecule has 0 atom stereocenters. The summed E-state index contributed by atoms with van der Waals surface area (Å²) in [7, 11) is 0. The number of fused-ring (bicyclic) bond motifs is 6. The van der Waals surface area contributed by atoms with E-state index < -0.39 is 0 Å². The lowest BCUT2D eigenvalue weighted by Crippen LogP contribution is -2.59. The average molecular weight is 1020 g/mol. The predicted octanol–water partition coefficient (Wildman–Crippen LogP) is 18.9. The highest BCUT2D eigenvalue weighted by Crippen LogP contribution is 2.50. The lowest BCUT2D eigenvalue weighted by Gasteiger charge is -2.41. The molecule has 0 amide bonds. The van der Waals surface area contributed by atoms with E-state index in [1.54, 1.807) is 0 Å². The zero-order valence-electron chi connectivity index (χ0n) is 46.9. The van der Waals surface area contributed by atoms with Crippen LogP contribution in [0.1, 0.15) is 105 Å². The maximum atomic E-state index is 4.21. The Labute approximate surface area is 462 Å². The lowest BCUT2D eigenvalue weighted by atomic mass is 9.36. The number of rotatable bonds is 7. The van der Waals surface area contributed by atoms with Gasteiger partial charge in [0.05, 0.1) is 11.4 Å². The molecule has 2 aliphatic heterocycles. The molecule has 0 saturated heterocycles. The van der Waals surface area contributed by atoms with Crippen LogP contribution in [0.2, 0.25) is 0 Å². The fourth-order valence-corrected chi connectivity index (χ4v) is 13.0. The Morgan fingerprint density at radius 2 is 0.961 bits per heavy atom. The summed E-state index contributed by atoms with van der Waals surface area (Å²) in [6.45, 7) is 28.0. The number of benzene rings is 9. The normalized spacial score (nSPS) is 13.2. The molecule has 2 aliphatic rings. The minimum absolute atomic E-state index is 0.0212. The second-order valence-corrected chi connectivity index (χ2v) is 26.7. The van der Waals surface area contributed by atoms with Crippen molar-refractivity contribution >= 4 is 89.3 Å². The largest absolute Gasteiger partial charge is 0.356 e. The molecule has 0 spiro atoms. The molecule has 0 bridgehead atoms. The van der Waals surface area contributed by atoms with Crippen molar-refractivity contribution in [3.8, 4) is 33.4 Å². The Balaban J connectivity index is 1.15. The van der Waals surface area contributed by atoms with Gasteiger partial charge in [0.1, 0.15) is 0 Å². The molecule has 3 heterocycles. The molecular weight excluding hydrogens is 950 g/mol. The molecule has 77 heavy (non-hydrogen) atoms. The van der Waals surface area contributed by atoms with Crippen LogP contribution in [0.15, 0.2) is 200 Å². The number of hydrogen-bond donors (Lipinski definition) is 1. The Hall–Kier alpha value is -7.60. The summed E-state index contributed by atoms with van der Waals surface area (Å²) >= 11 is 1.97. The number of hydrogen-bond acceptors (Lipinski definition) is 4. The number of nitrogens with zero attached hydrogens (tertiary/aromatic N) is 2. The fraction of sp³-hybridized carbons (Fsp3) is 0.222. The maximum absolute atomic E-state index is 4.21. The molecule has 382 valence electrons. The summed E-state index contributed by atoms with van der Waals surface area (Å²) in [5, 5.41) is 5.51. The molecule has 0 aliphatic carbocycles. The van der Waals surface area contributed by atoms with Gasteiger partial charge in [-0.2, -0.15) is 0 Å². The van der Waals surface area contributed by atoms with Crippen molar-refractivity contribution in [3.63, 3.8) is 0 Å². The molecule has 1 aromatic heterocycles. The highest BCUT2D eigenvalue weighted by molar-refractivity contribution is 7.33. The standard InChI is InChI=1S/C72H70BN3S/c1-69(2,3)49-31-34-53(35-32-49)75(63-30-22-21-29-58(63)47-25-17-14-18-26-47)54-36-37-60-61(45-54)74-62-39-48(57-28-20-19-27-56(57)46-23-15-13-16-24-46)40-64-66(62)73(60)68-67(59-44-50(70(4,5)6)33-38-65(59)77-68)76(64)55-42-51(71(7,8)9)41-52(43-55)72(10,11)12/h13-45,74H,1-12H3. The van der Waals surface area contributed by atoms with Crippen LogP contribution >= 0.6 is 11.3 Å². The van der Waals surface area contributed by atoms with Crippen molar-refractivity contribution in [1.29, 1.82) is 0 Å². The fourth-order valence-electron chi connectivity index (χ4n) is 11.7. The summed E-state index contributed by atoms with van der Waals surface area (Å²) in [6.07, 6.45) is 0. The van der Waals surface area contributed by atoms with Crippen LogP contribution < -0.4 is 30.8 Å². The second kappa shape index (κ2) is 18.6. The molecule has 9 aromatic carbocycles. The molecule has 0 saturated carbocycles. The Morgan fingerprint density at radius 3 is 1.57 bits per heavy atom. The third-order valence-electron chi connectivity index (χ3n) is 16.1. The molecule has 0 fully saturated rings. The molecule has 3 nitrogen and oxygen atoms in total. The van der Waals surface area contributed by atoms with E-state index in [1.165, 1.54) is 98.5 Å². The van der Waals surface area contributed by atoms with E-state index in [0.29, 0.717) is 0 Å². The van der Waals surface area contributed by atoms with Gasteiger partial charge in [-0.05, 0) is 149 Å². The first-order valence-electron chi connectivity index (χ1n) is 27.5. The number of thiophene rings is 1. The lowest BCUT2D eigenvalue weighted by molar-refractivity contribution is 0.569. The van der Waals surface area contributed by atoms with Crippen LogP contribution in [0.4, 0.5) is 45.5 Å². The van der Waals surface area contributed by atoms with Crippen molar-refractivity contribution in [2.24, 2.45) is 0 Å². The number of anilines is 8. The summed E-state index contributed by atoms with van der Waals surface area (Å²) in [4.78, 5) is 5.13. The Morgan fingerprint density at radius 1 is 0.429 bits per heavy atom. The minimum Gasteiger partial charge on any atom is -0.356 e. The van der Waals surface area contributed by atoms with Crippen molar-refractivity contribution < 1.29 is 0 Å². The van der Waals surface area contributed by atoms with Crippen molar-refractivity contribution in [2.75, 3.05) is 15.1 Å². The van der Waals surface area contributed by atoms with E-state index in [2.05, 4.69) is 298 Å². The monoisotopic (exact) mass is 1020 g/mol. The second-order valence-electron chi connectivity index (χ2n) is 25.6. The van der Waals surface area contributed by atoms with E-state index in [-0.39, 0.29) is 28.4 Å². The Kier molecular flexibility index (Phi) is 12.1. The van der Waals surface area contributed by atoms with Gasteiger partial charge in [0.2, 0.25) is 0 Å². The summed E-state index contributed by atoms with van der Waals surface area (Å²) < 4.78 is 2.68. The zero-order chi connectivity index (χ0) is 53.8. The molecule has 10 aromatic rings. The van der Waals surface area contributed by atoms with Gasteiger partial charge in [0, 0.05) is 54.6 Å². The SMILES string of the molecule is CC(C)(C)c1ccc(N(c2ccc3c(c2)Nc2cc(-c4ccccc4-c4ccccc4)cc4c2B3c2sc3ccc(C(C)(C)C)cc3c2N4c2cc(C(C)(C)C)cc(C(C)(C)C)c2)c2ccccc2-c2ccccc2)cc1. The first-order chi connectivity index (χ1) is 36.7. The molecule has 1 N–H and O–H groups in total. The van der Waals surface area contributed by atoms with Gasteiger partial charge in [-0.3, -0.25) is 0 Å². The van der Waals surface area contributed by atoms with Crippen LogP contribution in [0, 0.1) is 0 Å². The van der Waals surface area contributed by atoms with Gasteiger partial charge in [0.25, 0.3) is 6.71 Å². The van der Waals surface area contributed by atoms with Crippen molar-refractivity contribution in [2.45, 2.75) is 105 Å². The smallest absolute Gasteiger partial charge is 0.264 e. The average Bonchev–Trinajstić information content (AvgIpc) is 4.09. The van der Waals surface area contributed by atoms with Crippen LogP contribution in [-0.2, 0) is 21.7 Å². The molecule has 5 heteroatoms. The molecule has 0 radical (unpaired) electrons. The molecular formula is C72H70BN3S. The number of nitrogens with one attached hydrogen (secondary N) is 1. The van der Waals surface area contributed by atoms with E-state index in [0.717, 1.165) is 28.4 Å². The summed E-state index contributed by atoms with van der Waals surface area (Å²) in [6, 6.07) is 75.6. The third kappa shape index (κ3) is 9.07. The van der Waals surface area contributed by atoms with E-state index in [4.69, 9.17) is 0 Å². The first kappa shape index (κ1) is 50.2. The zero-order valence-corrected chi connectivity index (χ0v) is 47.7. The van der Waals surface area contributed by atoms with E-state index in [9.17, 15) is 0 Å². The van der Waals surface area contributed by atoms with Gasteiger partial charge in [-0.15, -0.1) is 11.3 Å². The van der Waals surface area contributed by atoms with Crippen LogP contribution in [0.5, 0.6) is 0 Å². The van der Waals surface area contributed by atoms with Crippen molar-refractivity contribution in [3.05, 3.63) is 222 Å². The van der Waals surface area contributed by atoms with Gasteiger partial charge < -0.3 is 15.1 Å². The van der Waals surface area contributed by atoms with Gasteiger partial charge in [-0.1, -0.05) is 217 Å². The van der Waals surface area contributed by atoms with E-state index >= 15 is 0 Å². The maximum Gasteiger partial charge on any atom is 0.264 e. The highest BCUT2D eigenvalue weighted by Gasteiger charge is 2.44. The quantitative estimate of drug-likeness (QED) is 0.161. The molecule has 0 unspecified atom stereocenters. The summed E-state index contributed by atoms with van der Waals surface area (Å²) in [5.41, 5.74) is 24.2.